The molecule has 49 heavy (non-hydrogen) atoms. The summed E-state index contributed by atoms with van der Waals surface area (Å²) >= 11 is 0. The normalized spacial score (nSPS) is 11.7. The molecule has 4 heteroatoms. The number of nitrogens with zero attached hydrogens (tertiary/aromatic N) is 3. The van der Waals surface area contributed by atoms with E-state index < -0.39 is 0 Å². The molecule has 0 saturated carbocycles. The zero-order chi connectivity index (χ0) is 32.3. The van der Waals surface area contributed by atoms with Crippen LogP contribution in [0.2, 0.25) is 0 Å². The summed E-state index contributed by atoms with van der Waals surface area (Å²) in [5, 5.41) is 8.75. The minimum absolute atomic E-state index is 0.609. The molecule has 8 aromatic carbocycles. The Kier molecular flexibility index (Phi) is 6.15. The van der Waals surface area contributed by atoms with Gasteiger partial charge in [-0.3, -0.25) is 0 Å². The molecule has 0 atom stereocenters. The molecule has 0 aliphatic rings. The van der Waals surface area contributed by atoms with Crippen LogP contribution >= 0.6 is 0 Å². The van der Waals surface area contributed by atoms with Crippen molar-refractivity contribution in [2.24, 2.45) is 0 Å². The van der Waals surface area contributed by atoms with Crippen LogP contribution in [-0.4, -0.2) is 15.0 Å². The van der Waals surface area contributed by atoms with Gasteiger partial charge in [0.2, 0.25) is 0 Å². The number of rotatable bonds is 4. The molecule has 0 aliphatic heterocycles. The molecule has 0 spiro atoms. The van der Waals surface area contributed by atoms with Crippen molar-refractivity contribution in [1.29, 1.82) is 0 Å². The van der Waals surface area contributed by atoms with E-state index in [9.17, 15) is 0 Å². The van der Waals surface area contributed by atoms with Crippen molar-refractivity contribution in [3.8, 4) is 45.3 Å². The number of benzene rings is 8. The minimum Gasteiger partial charge on any atom is -0.456 e. The lowest BCUT2D eigenvalue weighted by Gasteiger charge is -2.14. The average molecular weight is 626 g/mol. The monoisotopic (exact) mass is 625 g/mol. The highest BCUT2D eigenvalue weighted by Crippen LogP contribution is 2.43. The molecule has 2 aromatic heterocycles. The molecule has 0 fully saturated rings. The molecule has 4 nitrogen and oxygen atoms in total. The predicted molar refractivity (Wildman–Crippen MR) is 201 cm³/mol. The fourth-order valence-electron chi connectivity index (χ4n) is 7.21. The first-order valence-corrected chi connectivity index (χ1v) is 16.4. The standard InChI is InChI=1S/C45H27N3O/c1-3-13-28(14-4-1)30-23-24-37-39(26-30)49-40-27-32-18-8-10-20-34(32)42(41(37)40)45-47-43(29-15-5-2-6-16-29)46-44(48-45)38-25-31-17-7-9-19-33(31)35-21-11-12-22-36(35)38/h1-27H. The second kappa shape index (κ2) is 11.0. The van der Waals surface area contributed by atoms with E-state index in [2.05, 4.69) is 140 Å². The second-order valence-corrected chi connectivity index (χ2v) is 12.4. The first-order valence-electron chi connectivity index (χ1n) is 16.4. The van der Waals surface area contributed by atoms with Crippen molar-refractivity contribution in [1.82, 2.24) is 15.0 Å². The fourth-order valence-corrected chi connectivity index (χ4v) is 7.21. The Morgan fingerprint density at radius 3 is 1.71 bits per heavy atom. The molecule has 10 aromatic rings. The largest absolute Gasteiger partial charge is 0.456 e. The predicted octanol–water partition coefficient (Wildman–Crippen LogP) is 11.9. The summed E-state index contributed by atoms with van der Waals surface area (Å²) in [6, 6.07) is 56.8. The van der Waals surface area contributed by atoms with Crippen molar-refractivity contribution in [2.45, 2.75) is 0 Å². The number of fused-ring (bicyclic) bond motifs is 7. The summed E-state index contributed by atoms with van der Waals surface area (Å²) in [7, 11) is 0. The summed E-state index contributed by atoms with van der Waals surface area (Å²) in [5.41, 5.74) is 6.71. The fraction of sp³-hybridized carbons (Fsp3) is 0. The van der Waals surface area contributed by atoms with E-state index in [0.717, 1.165) is 71.3 Å². The van der Waals surface area contributed by atoms with Gasteiger partial charge in [0.05, 0.1) is 0 Å². The van der Waals surface area contributed by atoms with Crippen molar-refractivity contribution in [3.05, 3.63) is 164 Å². The molecule has 0 unspecified atom stereocenters. The lowest BCUT2D eigenvalue weighted by atomic mass is 9.96. The first kappa shape index (κ1) is 27.5. The van der Waals surface area contributed by atoms with E-state index in [1.807, 2.05) is 24.3 Å². The third-order valence-electron chi connectivity index (χ3n) is 9.49. The number of furan rings is 1. The SMILES string of the molecule is c1ccc(-c2ccc3c(c2)oc2cc4ccccc4c(-c4nc(-c5ccccc5)nc(-c5cc6ccccc6c6ccccc56)n4)c23)cc1. The summed E-state index contributed by atoms with van der Waals surface area (Å²) in [5.74, 6) is 1.86. The van der Waals surface area contributed by atoms with E-state index in [1.54, 1.807) is 0 Å². The van der Waals surface area contributed by atoms with Crippen molar-refractivity contribution < 1.29 is 4.42 Å². The molecule has 0 bridgehead atoms. The number of hydrogen-bond donors (Lipinski definition) is 0. The van der Waals surface area contributed by atoms with Gasteiger partial charge in [-0.15, -0.1) is 0 Å². The maximum absolute atomic E-state index is 6.65. The zero-order valence-electron chi connectivity index (χ0n) is 26.3. The van der Waals surface area contributed by atoms with E-state index >= 15 is 0 Å². The van der Waals surface area contributed by atoms with Gasteiger partial charge in [0.15, 0.2) is 17.5 Å². The van der Waals surface area contributed by atoms with Crippen LogP contribution in [0.15, 0.2) is 168 Å². The van der Waals surface area contributed by atoms with E-state index in [0.29, 0.717) is 17.5 Å². The van der Waals surface area contributed by atoms with Crippen molar-refractivity contribution >= 4 is 54.3 Å². The Hall–Kier alpha value is -6.65. The Morgan fingerprint density at radius 2 is 0.939 bits per heavy atom. The highest BCUT2D eigenvalue weighted by molar-refractivity contribution is 6.20. The van der Waals surface area contributed by atoms with E-state index in [-0.39, 0.29) is 0 Å². The molecular weight excluding hydrogens is 599 g/mol. The Bertz CT molecular complexity index is 2880. The average Bonchev–Trinajstić information content (AvgIpc) is 3.54. The number of aromatic nitrogens is 3. The van der Waals surface area contributed by atoms with Crippen molar-refractivity contribution in [2.75, 3.05) is 0 Å². The van der Waals surface area contributed by atoms with Crippen LogP contribution in [0.5, 0.6) is 0 Å². The van der Waals surface area contributed by atoms with Crippen LogP contribution < -0.4 is 0 Å². The van der Waals surface area contributed by atoms with E-state index in [4.69, 9.17) is 19.4 Å². The molecule has 2 heterocycles. The Morgan fingerprint density at radius 1 is 0.347 bits per heavy atom. The lowest BCUT2D eigenvalue weighted by Crippen LogP contribution is -2.01. The second-order valence-electron chi connectivity index (χ2n) is 12.4. The van der Waals surface area contributed by atoms with Gasteiger partial charge in [-0.05, 0) is 67.7 Å². The number of hydrogen-bond acceptors (Lipinski definition) is 4. The van der Waals surface area contributed by atoms with Crippen molar-refractivity contribution in [3.63, 3.8) is 0 Å². The van der Waals surface area contributed by atoms with Gasteiger partial charge in [0.1, 0.15) is 11.2 Å². The minimum atomic E-state index is 0.609. The maximum Gasteiger partial charge on any atom is 0.165 e. The third-order valence-corrected chi connectivity index (χ3v) is 9.49. The maximum atomic E-state index is 6.65. The van der Waals surface area contributed by atoms with Gasteiger partial charge < -0.3 is 4.42 Å². The van der Waals surface area contributed by atoms with E-state index in [1.165, 1.54) is 10.8 Å². The highest BCUT2D eigenvalue weighted by atomic mass is 16.3. The topological polar surface area (TPSA) is 51.8 Å². The molecule has 0 radical (unpaired) electrons. The summed E-state index contributed by atoms with van der Waals surface area (Å²) in [4.78, 5) is 15.7. The van der Waals surface area contributed by atoms with Crippen LogP contribution in [0, 0.1) is 0 Å². The Balaban J connectivity index is 1.30. The molecule has 0 amide bonds. The summed E-state index contributed by atoms with van der Waals surface area (Å²) in [6.07, 6.45) is 0. The molecular formula is C45H27N3O. The third kappa shape index (κ3) is 4.49. The van der Waals surface area contributed by atoms with Gasteiger partial charge in [0.25, 0.3) is 0 Å². The zero-order valence-corrected chi connectivity index (χ0v) is 26.3. The molecule has 228 valence electrons. The van der Waals surface area contributed by atoms with Gasteiger partial charge in [-0.1, -0.05) is 140 Å². The first-order chi connectivity index (χ1) is 24.3. The van der Waals surface area contributed by atoms with Crippen LogP contribution in [0.1, 0.15) is 0 Å². The molecule has 0 aliphatic carbocycles. The Labute approximate surface area is 282 Å². The summed E-state index contributed by atoms with van der Waals surface area (Å²) in [6.45, 7) is 0. The highest BCUT2D eigenvalue weighted by Gasteiger charge is 2.22. The summed E-state index contributed by atoms with van der Waals surface area (Å²) < 4.78 is 6.65. The van der Waals surface area contributed by atoms with Gasteiger partial charge in [0, 0.05) is 27.5 Å². The lowest BCUT2D eigenvalue weighted by molar-refractivity contribution is 0.669. The molecule has 0 saturated heterocycles. The van der Waals surface area contributed by atoms with Gasteiger partial charge in [-0.2, -0.15) is 0 Å². The molecule has 10 rings (SSSR count). The van der Waals surface area contributed by atoms with Crippen LogP contribution in [0.3, 0.4) is 0 Å². The van der Waals surface area contributed by atoms with Gasteiger partial charge >= 0.3 is 0 Å². The quantitative estimate of drug-likeness (QED) is 0.183. The van der Waals surface area contributed by atoms with Crippen LogP contribution in [0.25, 0.3) is 99.5 Å². The molecule has 0 N–H and O–H groups in total. The van der Waals surface area contributed by atoms with Crippen LogP contribution in [-0.2, 0) is 0 Å². The smallest absolute Gasteiger partial charge is 0.165 e. The van der Waals surface area contributed by atoms with Gasteiger partial charge in [-0.25, -0.2) is 15.0 Å². The van der Waals surface area contributed by atoms with Crippen LogP contribution in [0.4, 0.5) is 0 Å².